The van der Waals surface area contributed by atoms with Gasteiger partial charge < -0.3 is 10.4 Å². The first-order chi connectivity index (χ1) is 7.88. The zero-order chi connectivity index (χ0) is 12.6. The highest BCUT2D eigenvalue weighted by Crippen LogP contribution is 2.51. The fourth-order valence-corrected chi connectivity index (χ4v) is 2.03. The highest BCUT2D eigenvalue weighted by molar-refractivity contribution is 5.88. The number of pyridine rings is 1. The standard InChI is InChI=1S/C13H18N2O2/c1-8-4-9(12(16)17)5-11(15-8)14-7-10-6-13(10,2)3/h4-5,10H,6-7H2,1-3H3,(H,14,15)(H,16,17). The Bertz CT molecular complexity index is 455. The van der Waals surface area contributed by atoms with E-state index in [0.717, 1.165) is 12.2 Å². The van der Waals surface area contributed by atoms with E-state index in [9.17, 15) is 4.79 Å². The van der Waals surface area contributed by atoms with E-state index < -0.39 is 5.97 Å². The molecule has 0 saturated heterocycles. The van der Waals surface area contributed by atoms with E-state index in [0.29, 0.717) is 17.2 Å². The highest BCUT2D eigenvalue weighted by Gasteiger charge is 2.44. The van der Waals surface area contributed by atoms with E-state index in [1.807, 2.05) is 0 Å². The number of anilines is 1. The molecule has 1 heterocycles. The fraction of sp³-hybridized carbons (Fsp3) is 0.538. The first-order valence-electron chi connectivity index (χ1n) is 5.84. The minimum atomic E-state index is -0.912. The minimum absolute atomic E-state index is 0.287. The van der Waals surface area contributed by atoms with Gasteiger partial charge in [0.2, 0.25) is 0 Å². The van der Waals surface area contributed by atoms with Gasteiger partial charge >= 0.3 is 5.97 Å². The highest BCUT2D eigenvalue weighted by atomic mass is 16.4. The van der Waals surface area contributed by atoms with Crippen LogP contribution in [0.1, 0.15) is 36.3 Å². The summed E-state index contributed by atoms with van der Waals surface area (Å²) in [5.41, 5.74) is 1.43. The molecule has 1 fully saturated rings. The van der Waals surface area contributed by atoms with Crippen molar-refractivity contribution >= 4 is 11.8 Å². The molecule has 1 aliphatic carbocycles. The Morgan fingerprint density at radius 2 is 2.24 bits per heavy atom. The quantitative estimate of drug-likeness (QED) is 0.840. The number of rotatable bonds is 4. The molecule has 2 rings (SSSR count). The fourth-order valence-electron chi connectivity index (χ4n) is 2.03. The van der Waals surface area contributed by atoms with Crippen LogP contribution in [-0.4, -0.2) is 22.6 Å². The SMILES string of the molecule is Cc1cc(C(=O)O)cc(NCC2CC2(C)C)n1. The molecule has 0 amide bonds. The molecule has 0 aliphatic heterocycles. The first kappa shape index (κ1) is 11.9. The van der Waals surface area contributed by atoms with Gasteiger partial charge in [-0.05, 0) is 36.8 Å². The number of nitrogens with one attached hydrogen (secondary N) is 1. The number of carboxylic acids is 1. The first-order valence-corrected chi connectivity index (χ1v) is 5.84. The summed E-state index contributed by atoms with van der Waals surface area (Å²) >= 11 is 0. The molecular weight excluding hydrogens is 216 g/mol. The van der Waals surface area contributed by atoms with Crippen LogP contribution in [0.4, 0.5) is 5.82 Å². The van der Waals surface area contributed by atoms with Gasteiger partial charge in [0.05, 0.1) is 5.56 Å². The molecule has 0 bridgehead atoms. The molecule has 0 spiro atoms. The second kappa shape index (κ2) is 4.02. The molecule has 0 aromatic carbocycles. The maximum absolute atomic E-state index is 10.9. The molecule has 0 radical (unpaired) electrons. The van der Waals surface area contributed by atoms with Crippen LogP contribution < -0.4 is 5.32 Å². The molecular formula is C13H18N2O2. The van der Waals surface area contributed by atoms with E-state index in [2.05, 4.69) is 24.1 Å². The Morgan fingerprint density at radius 3 is 2.76 bits per heavy atom. The number of nitrogens with zero attached hydrogens (tertiary/aromatic N) is 1. The molecule has 92 valence electrons. The van der Waals surface area contributed by atoms with Crippen molar-refractivity contribution in [3.05, 3.63) is 23.4 Å². The molecule has 1 aromatic heterocycles. The maximum Gasteiger partial charge on any atom is 0.335 e. The summed E-state index contributed by atoms with van der Waals surface area (Å²) in [6.07, 6.45) is 1.22. The van der Waals surface area contributed by atoms with E-state index in [1.54, 1.807) is 19.1 Å². The van der Waals surface area contributed by atoms with E-state index in [-0.39, 0.29) is 5.56 Å². The summed E-state index contributed by atoms with van der Waals surface area (Å²) in [6, 6.07) is 3.17. The molecule has 1 unspecified atom stereocenters. The van der Waals surface area contributed by atoms with Crippen molar-refractivity contribution in [1.82, 2.24) is 4.98 Å². The zero-order valence-electron chi connectivity index (χ0n) is 10.4. The van der Waals surface area contributed by atoms with Crippen LogP contribution >= 0.6 is 0 Å². The predicted octanol–water partition coefficient (Wildman–Crippen LogP) is 2.55. The van der Waals surface area contributed by atoms with Crippen LogP contribution in [-0.2, 0) is 0 Å². The molecule has 17 heavy (non-hydrogen) atoms. The van der Waals surface area contributed by atoms with Crippen LogP contribution in [0, 0.1) is 18.3 Å². The summed E-state index contributed by atoms with van der Waals surface area (Å²) in [7, 11) is 0. The molecule has 1 aliphatic rings. The summed E-state index contributed by atoms with van der Waals surface area (Å²) < 4.78 is 0. The lowest BCUT2D eigenvalue weighted by molar-refractivity contribution is 0.0696. The molecule has 1 saturated carbocycles. The Morgan fingerprint density at radius 1 is 1.59 bits per heavy atom. The van der Waals surface area contributed by atoms with Gasteiger partial charge in [-0.3, -0.25) is 0 Å². The molecule has 2 N–H and O–H groups in total. The number of carbonyl (C=O) groups is 1. The molecule has 1 atom stereocenters. The summed E-state index contributed by atoms with van der Waals surface area (Å²) in [6.45, 7) is 7.15. The van der Waals surface area contributed by atoms with Crippen molar-refractivity contribution in [3.63, 3.8) is 0 Å². The Labute approximate surface area is 101 Å². The lowest BCUT2D eigenvalue weighted by Gasteiger charge is -2.08. The van der Waals surface area contributed by atoms with Crippen molar-refractivity contribution in [2.75, 3.05) is 11.9 Å². The smallest absolute Gasteiger partial charge is 0.335 e. The lowest BCUT2D eigenvalue weighted by atomic mass is 10.1. The van der Waals surface area contributed by atoms with Crippen LogP contribution in [0.3, 0.4) is 0 Å². The third-order valence-corrected chi connectivity index (χ3v) is 3.45. The molecule has 1 aromatic rings. The van der Waals surface area contributed by atoms with Crippen molar-refractivity contribution in [2.24, 2.45) is 11.3 Å². The van der Waals surface area contributed by atoms with E-state index in [4.69, 9.17) is 5.11 Å². The normalized spacial score (nSPS) is 21.0. The van der Waals surface area contributed by atoms with Gasteiger partial charge in [-0.25, -0.2) is 9.78 Å². The van der Waals surface area contributed by atoms with Gasteiger partial charge in [0, 0.05) is 12.2 Å². The van der Waals surface area contributed by atoms with Crippen molar-refractivity contribution in [3.8, 4) is 0 Å². The van der Waals surface area contributed by atoms with Crippen molar-refractivity contribution in [1.29, 1.82) is 0 Å². The number of aromatic carboxylic acids is 1. The average Bonchev–Trinajstić information content (AvgIpc) is 2.83. The van der Waals surface area contributed by atoms with Gasteiger partial charge in [0.15, 0.2) is 0 Å². The molecule has 4 nitrogen and oxygen atoms in total. The van der Waals surface area contributed by atoms with Gasteiger partial charge in [-0.15, -0.1) is 0 Å². The number of aryl methyl sites for hydroxylation is 1. The van der Waals surface area contributed by atoms with Gasteiger partial charge in [-0.1, -0.05) is 13.8 Å². The third kappa shape index (κ3) is 2.75. The van der Waals surface area contributed by atoms with Crippen LogP contribution in [0.2, 0.25) is 0 Å². The van der Waals surface area contributed by atoms with E-state index >= 15 is 0 Å². The number of hydrogen-bond acceptors (Lipinski definition) is 3. The number of aromatic nitrogens is 1. The third-order valence-electron chi connectivity index (χ3n) is 3.45. The molecule has 4 heteroatoms. The van der Waals surface area contributed by atoms with Gasteiger partial charge in [0.25, 0.3) is 0 Å². The van der Waals surface area contributed by atoms with Crippen LogP contribution in [0.5, 0.6) is 0 Å². The van der Waals surface area contributed by atoms with Crippen LogP contribution in [0.15, 0.2) is 12.1 Å². The second-order valence-corrected chi connectivity index (χ2v) is 5.46. The maximum atomic E-state index is 10.9. The van der Waals surface area contributed by atoms with Gasteiger partial charge in [-0.2, -0.15) is 0 Å². The van der Waals surface area contributed by atoms with E-state index in [1.165, 1.54) is 6.42 Å². The Hall–Kier alpha value is -1.58. The summed E-state index contributed by atoms with van der Waals surface area (Å²) in [4.78, 5) is 15.2. The van der Waals surface area contributed by atoms with Crippen molar-refractivity contribution < 1.29 is 9.90 Å². The van der Waals surface area contributed by atoms with Gasteiger partial charge in [0.1, 0.15) is 5.82 Å². The lowest BCUT2D eigenvalue weighted by Crippen LogP contribution is -2.10. The minimum Gasteiger partial charge on any atom is -0.478 e. The largest absolute Gasteiger partial charge is 0.478 e. The predicted molar refractivity (Wildman–Crippen MR) is 66.3 cm³/mol. The van der Waals surface area contributed by atoms with Crippen LogP contribution in [0.25, 0.3) is 0 Å². The summed E-state index contributed by atoms with van der Waals surface area (Å²) in [5, 5.41) is 12.2. The number of carboxylic acid groups (broad SMARTS) is 1. The number of hydrogen-bond donors (Lipinski definition) is 2. The topological polar surface area (TPSA) is 62.2 Å². The monoisotopic (exact) mass is 234 g/mol. The Balaban J connectivity index is 2.03. The van der Waals surface area contributed by atoms with Crippen molar-refractivity contribution in [2.45, 2.75) is 27.2 Å². The Kier molecular flexibility index (Phi) is 2.81. The zero-order valence-corrected chi connectivity index (χ0v) is 10.4. The average molecular weight is 234 g/mol. The summed E-state index contributed by atoms with van der Waals surface area (Å²) in [5.74, 6) is 0.411. The second-order valence-electron chi connectivity index (χ2n) is 5.46.